The van der Waals surface area contributed by atoms with Crippen LogP contribution in [0.25, 0.3) is 6.08 Å². The van der Waals surface area contributed by atoms with Gasteiger partial charge in [-0.05, 0) is 23.8 Å². The average molecular weight is 216 g/mol. The molecule has 0 saturated heterocycles. The summed E-state index contributed by atoms with van der Waals surface area (Å²) < 4.78 is 0. The maximum Gasteiger partial charge on any atom is 0.244 e. The molecular weight excluding hydrogens is 204 g/mol. The van der Waals surface area contributed by atoms with Crippen LogP contribution in [-0.4, -0.2) is 24.2 Å². The van der Waals surface area contributed by atoms with Crippen LogP contribution in [0.4, 0.5) is 0 Å². The second kappa shape index (κ2) is 6.38. The Hall–Kier alpha value is -2.12. The topological polar surface area (TPSA) is 73.1 Å². The number of hydrogen-bond donors (Lipinski definition) is 2. The lowest BCUT2D eigenvalue weighted by molar-refractivity contribution is -0.116. The van der Waals surface area contributed by atoms with E-state index in [1.165, 1.54) is 6.08 Å². The van der Waals surface area contributed by atoms with E-state index in [1.807, 2.05) is 6.07 Å². The zero-order valence-corrected chi connectivity index (χ0v) is 8.68. The van der Waals surface area contributed by atoms with Gasteiger partial charge in [0, 0.05) is 12.6 Å². The first-order chi connectivity index (χ1) is 7.76. The third kappa shape index (κ3) is 3.95. The zero-order valence-electron chi connectivity index (χ0n) is 8.68. The maximum atomic E-state index is 11.2. The van der Waals surface area contributed by atoms with E-state index in [0.717, 1.165) is 5.56 Å². The van der Waals surface area contributed by atoms with Crippen LogP contribution in [-0.2, 0) is 4.79 Å². The van der Waals surface area contributed by atoms with Crippen LogP contribution in [0.5, 0.6) is 0 Å². The van der Waals surface area contributed by atoms with Crippen molar-refractivity contribution in [2.75, 3.05) is 13.2 Å². The Labute approximate surface area is 93.8 Å². The first-order valence-corrected chi connectivity index (χ1v) is 4.83. The highest BCUT2D eigenvalue weighted by molar-refractivity contribution is 5.91. The number of nitrogens with zero attached hydrogens (tertiary/aromatic N) is 1. The maximum absolute atomic E-state index is 11.2. The molecule has 0 heterocycles. The predicted molar refractivity (Wildman–Crippen MR) is 60.3 cm³/mol. The third-order valence-corrected chi connectivity index (χ3v) is 1.85. The summed E-state index contributed by atoms with van der Waals surface area (Å²) in [7, 11) is 0. The smallest absolute Gasteiger partial charge is 0.244 e. The Morgan fingerprint density at radius 2 is 2.38 bits per heavy atom. The minimum atomic E-state index is -0.267. The number of carbonyl (C=O) groups is 1. The number of carbonyl (C=O) groups excluding carboxylic acids is 1. The Kier molecular flexibility index (Phi) is 4.77. The van der Waals surface area contributed by atoms with Crippen molar-refractivity contribution >= 4 is 12.0 Å². The van der Waals surface area contributed by atoms with Gasteiger partial charge in [-0.2, -0.15) is 5.26 Å². The van der Waals surface area contributed by atoms with E-state index in [9.17, 15) is 4.79 Å². The molecule has 16 heavy (non-hydrogen) atoms. The second-order valence-electron chi connectivity index (χ2n) is 3.09. The highest BCUT2D eigenvalue weighted by Gasteiger charge is 1.94. The molecule has 1 aromatic rings. The van der Waals surface area contributed by atoms with Crippen molar-refractivity contribution in [2.45, 2.75) is 0 Å². The molecule has 0 unspecified atom stereocenters. The van der Waals surface area contributed by atoms with E-state index in [-0.39, 0.29) is 19.1 Å². The van der Waals surface area contributed by atoms with Gasteiger partial charge in [-0.1, -0.05) is 12.1 Å². The molecule has 82 valence electrons. The zero-order chi connectivity index (χ0) is 11.8. The largest absolute Gasteiger partial charge is 0.395 e. The highest BCUT2D eigenvalue weighted by Crippen LogP contribution is 2.05. The Bertz CT molecular complexity index is 433. The minimum Gasteiger partial charge on any atom is -0.395 e. The van der Waals surface area contributed by atoms with Crippen LogP contribution in [0.3, 0.4) is 0 Å². The van der Waals surface area contributed by atoms with Crippen LogP contribution < -0.4 is 5.32 Å². The average Bonchev–Trinajstić information content (AvgIpc) is 2.34. The molecule has 0 aliphatic carbocycles. The predicted octanol–water partition coefficient (Wildman–Crippen LogP) is 0.680. The van der Waals surface area contributed by atoms with Gasteiger partial charge in [0.25, 0.3) is 0 Å². The summed E-state index contributed by atoms with van der Waals surface area (Å²) in [5, 5.41) is 19.7. The first-order valence-electron chi connectivity index (χ1n) is 4.83. The van der Waals surface area contributed by atoms with E-state index >= 15 is 0 Å². The summed E-state index contributed by atoms with van der Waals surface area (Å²) in [5.41, 5.74) is 1.34. The van der Waals surface area contributed by atoms with Gasteiger partial charge < -0.3 is 10.4 Å². The van der Waals surface area contributed by atoms with Crippen molar-refractivity contribution in [3.63, 3.8) is 0 Å². The van der Waals surface area contributed by atoms with E-state index in [1.54, 1.807) is 30.3 Å². The number of nitriles is 1. The fraction of sp³-hybridized carbons (Fsp3) is 0.167. The van der Waals surface area contributed by atoms with Crippen LogP contribution in [0.15, 0.2) is 30.3 Å². The second-order valence-corrected chi connectivity index (χ2v) is 3.09. The van der Waals surface area contributed by atoms with Crippen molar-refractivity contribution in [3.8, 4) is 6.07 Å². The van der Waals surface area contributed by atoms with Gasteiger partial charge in [-0.3, -0.25) is 4.79 Å². The fourth-order valence-electron chi connectivity index (χ4n) is 1.12. The fourth-order valence-corrected chi connectivity index (χ4v) is 1.12. The number of rotatable bonds is 4. The normalized spacial score (nSPS) is 10.0. The Morgan fingerprint density at radius 1 is 1.56 bits per heavy atom. The molecule has 1 amide bonds. The summed E-state index contributed by atoms with van der Waals surface area (Å²) in [6.45, 7) is 0.158. The third-order valence-electron chi connectivity index (χ3n) is 1.85. The monoisotopic (exact) mass is 216 g/mol. The number of aliphatic hydroxyl groups is 1. The molecule has 0 spiro atoms. The quantitative estimate of drug-likeness (QED) is 0.727. The Morgan fingerprint density at radius 3 is 3.06 bits per heavy atom. The molecule has 2 N–H and O–H groups in total. The van der Waals surface area contributed by atoms with Crippen molar-refractivity contribution in [1.29, 1.82) is 5.26 Å². The lowest BCUT2D eigenvalue weighted by atomic mass is 10.1. The summed E-state index contributed by atoms with van der Waals surface area (Å²) in [6.07, 6.45) is 2.99. The molecule has 0 atom stereocenters. The SMILES string of the molecule is N#Cc1cccc(/C=C/C(=O)NCCO)c1. The minimum absolute atomic E-state index is 0.0799. The molecule has 1 rings (SSSR count). The van der Waals surface area contributed by atoms with E-state index < -0.39 is 0 Å². The van der Waals surface area contributed by atoms with E-state index in [0.29, 0.717) is 5.56 Å². The summed E-state index contributed by atoms with van der Waals surface area (Å²) in [6, 6.07) is 8.97. The summed E-state index contributed by atoms with van der Waals surface area (Å²) >= 11 is 0. The van der Waals surface area contributed by atoms with Gasteiger partial charge in [0.05, 0.1) is 18.2 Å². The van der Waals surface area contributed by atoms with E-state index in [2.05, 4.69) is 5.32 Å². The summed E-state index contributed by atoms with van der Waals surface area (Å²) in [4.78, 5) is 11.2. The van der Waals surface area contributed by atoms with Gasteiger partial charge in [-0.25, -0.2) is 0 Å². The van der Waals surface area contributed by atoms with Gasteiger partial charge >= 0.3 is 0 Å². The van der Waals surface area contributed by atoms with Crippen LogP contribution >= 0.6 is 0 Å². The first kappa shape index (κ1) is 12.0. The molecule has 0 fully saturated rings. The molecular formula is C12H12N2O2. The van der Waals surface area contributed by atoms with Gasteiger partial charge in [0.1, 0.15) is 0 Å². The van der Waals surface area contributed by atoms with Crippen molar-refractivity contribution < 1.29 is 9.90 Å². The molecule has 4 heteroatoms. The molecule has 4 nitrogen and oxygen atoms in total. The van der Waals surface area contributed by atoms with Gasteiger partial charge in [0.2, 0.25) is 5.91 Å². The highest BCUT2D eigenvalue weighted by atomic mass is 16.3. The molecule has 0 aliphatic rings. The van der Waals surface area contributed by atoms with Gasteiger partial charge in [-0.15, -0.1) is 0 Å². The molecule has 0 aliphatic heterocycles. The standard InChI is InChI=1S/C12H12N2O2/c13-9-11-3-1-2-10(8-11)4-5-12(16)14-6-7-15/h1-5,8,15H,6-7H2,(H,14,16)/b5-4+. The summed E-state index contributed by atoms with van der Waals surface area (Å²) in [5.74, 6) is -0.267. The molecule has 0 radical (unpaired) electrons. The number of amides is 1. The molecule has 0 bridgehead atoms. The Balaban J connectivity index is 2.62. The van der Waals surface area contributed by atoms with Crippen molar-refractivity contribution in [1.82, 2.24) is 5.32 Å². The molecule has 0 aromatic heterocycles. The van der Waals surface area contributed by atoms with Crippen LogP contribution in [0.2, 0.25) is 0 Å². The molecule has 1 aromatic carbocycles. The van der Waals surface area contributed by atoms with Crippen LogP contribution in [0, 0.1) is 11.3 Å². The van der Waals surface area contributed by atoms with E-state index in [4.69, 9.17) is 10.4 Å². The number of aliphatic hydroxyl groups excluding tert-OH is 1. The number of hydrogen-bond acceptors (Lipinski definition) is 3. The number of nitrogens with one attached hydrogen (secondary N) is 1. The van der Waals surface area contributed by atoms with Crippen LogP contribution in [0.1, 0.15) is 11.1 Å². The number of benzene rings is 1. The lowest BCUT2D eigenvalue weighted by Gasteiger charge is -1.97. The van der Waals surface area contributed by atoms with Gasteiger partial charge in [0.15, 0.2) is 0 Å². The van der Waals surface area contributed by atoms with Crippen molar-refractivity contribution in [3.05, 3.63) is 41.5 Å². The van der Waals surface area contributed by atoms with Crippen molar-refractivity contribution in [2.24, 2.45) is 0 Å². The molecule has 0 saturated carbocycles. The lowest BCUT2D eigenvalue weighted by Crippen LogP contribution is -2.24.